The molecule has 1 aliphatic rings. The normalized spacial score (nSPS) is 15.4. The molecule has 2 aromatic rings. The topological polar surface area (TPSA) is 70.7 Å². The van der Waals surface area contributed by atoms with Crippen molar-refractivity contribution in [1.29, 1.82) is 0 Å². The van der Waals surface area contributed by atoms with Crippen molar-refractivity contribution in [1.82, 2.24) is 5.32 Å². The molecule has 0 spiro atoms. The molecule has 28 heavy (non-hydrogen) atoms. The predicted octanol–water partition coefficient (Wildman–Crippen LogP) is 3.73. The fraction of sp³-hybridized carbons (Fsp3) is 0.300. The van der Waals surface area contributed by atoms with Crippen LogP contribution in [0.5, 0.6) is 5.75 Å². The number of ether oxygens (including phenoxy) is 1. The molecule has 2 N–H and O–H groups in total. The maximum Gasteiger partial charge on any atom is 0.262 e. The number of halogens is 2. The standard InChI is InChI=1S/C20H21Cl2N3O3/c1-2-10-23-20(27)17-11-25(15-8-3-4-9-16(15)28-17)12-18(26)24-19-13(21)6-5-7-14(19)22/h3-9,17H,2,10-12H2,1H3,(H,23,27)(H,24,26)/t17-/m0/s1. The zero-order valence-electron chi connectivity index (χ0n) is 15.4. The van der Waals surface area contributed by atoms with Crippen molar-refractivity contribution in [3.63, 3.8) is 0 Å². The minimum atomic E-state index is -0.696. The van der Waals surface area contributed by atoms with Crippen molar-refractivity contribution in [2.75, 3.05) is 29.9 Å². The number of carbonyl (C=O) groups excluding carboxylic acids is 2. The van der Waals surface area contributed by atoms with Crippen molar-refractivity contribution in [3.05, 3.63) is 52.5 Å². The third-order valence-corrected chi connectivity index (χ3v) is 4.89. The van der Waals surface area contributed by atoms with Crippen molar-refractivity contribution >= 4 is 46.4 Å². The summed E-state index contributed by atoms with van der Waals surface area (Å²) in [5.74, 6) is 0.0734. The second kappa shape index (κ2) is 9.17. The summed E-state index contributed by atoms with van der Waals surface area (Å²) >= 11 is 12.2. The average Bonchev–Trinajstić information content (AvgIpc) is 2.69. The van der Waals surface area contributed by atoms with Crippen LogP contribution < -0.4 is 20.3 Å². The van der Waals surface area contributed by atoms with E-state index in [2.05, 4.69) is 10.6 Å². The summed E-state index contributed by atoms with van der Waals surface area (Å²) in [5.41, 5.74) is 1.12. The van der Waals surface area contributed by atoms with E-state index in [0.717, 1.165) is 12.1 Å². The van der Waals surface area contributed by atoms with Gasteiger partial charge in [0.2, 0.25) is 5.91 Å². The number of nitrogens with zero attached hydrogens (tertiary/aromatic N) is 1. The van der Waals surface area contributed by atoms with Gasteiger partial charge in [-0.3, -0.25) is 9.59 Å². The van der Waals surface area contributed by atoms with Gasteiger partial charge < -0.3 is 20.3 Å². The van der Waals surface area contributed by atoms with E-state index in [0.29, 0.717) is 28.0 Å². The Kier molecular flexibility index (Phi) is 6.65. The quantitative estimate of drug-likeness (QED) is 0.745. The van der Waals surface area contributed by atoms with Crippen LogP contribution in [0, 0.1) is 0 Å². The molecule has 0 saturated carbocycles. The Morgan fingerprint density at radius 3 is 2.57 bits per heavy atom. The molecule has 1 atom stereocenters. The summed E-state index contributed by atoms with van der Waals surface area (Å²) in [4.78, 5) is 26.8. The Hall–Kier alpha value is -2.44. The first-order chi connectivity index (χ1) is 13.5. The number of amides is 2. The molecule has 6 nitrogen and oxygen atoms in total. The van der Waals surface area contributed by atoms with Crippen LogP contribution >= 0.6 is 23.2 Å². The van der Waals surface area contributed by atoms with Crippen molar-refractivity contribution < 1.29 is 14.3 Å². The van der Waals surface area contributed by atoms with E-state index in [9.17, 15) is 9.59 Å². The first-order valence-electron chi connectivity index (χ1n) is 9.01. The lowest BCUT2D eigenvalue weighted by molar-refractivity contribution is -0.128. The Labute approximate surface area is 173 Å². The second-order valence-corrected chi connectivity index (χ2v) is 7.21. The zero-order valence-corrected chi connectivity index (χ0v) is 16.9. The molecule has 2 aromatic carbocycles. The number of para-hydroxylation sites is 3. The number of nitrogens with one attached hydrogen (secondary N) is 2. The van der Waals surface area contributed by atoms with Crippen LogP contribution in [-0.4, -0.2) is 37.6 Å². The molecule has 0 aromatic heterocycles. The van der Waals surface area contributed by atoms with E-state index in [1.54, 1.807) is 24.3 Å². The summed E-state index contributed by atoms with van der Waals surface area (Å²) in [6, 6.07) is 12.3. The minimum absolute atomic E-state index is 0.0273. The fourth-order valence-corrected chi connectivity index (χ4v) is 3.42. The van der Waals surface area contributed by atoms with Gasteiger partial charge in [-0.05, 0) is 30.7 Å². The summed E-state index contributed by atoms with van der Waals surface area (Å²) in [7, 11) is 0. The molecule has 3 rings (SSSR count). The summed E-state index contributed by atoms with van der Waals surface area (Å²) in [6.07, 6.45) is 0.137. The van der Waals surface area contributed by atoms with Crippen LogP contribution in [0.25, 0.3) is 0 Å². The number of hydrogen-bond donors (Lipinski definition) is 2. The fourth-order valence-electron chi connectivity index (χ4n) is 2.92. The molecule has 0 unspecified atom stereocenters. The smallest absolute Gasteiger partial charge is 0.262 e. The molecule has 1 aliphatic heterocycles. The second-order valence-electron chi connectivity index (χ2n) is 6.39. The highest BCUT2D eigenvalue weighted by Crippen LogP contribution is 2.33. The summed E-state index contributed by atoms with van der Waals surface area (Å²) < 4.78 is 5.83. The third-order valence-electron chi connectivity index (χ3n) is 4.26. The highest BCUT2D eigenvalue weighted by Gasteiger charge is 2.31. The number of fused-ring (bicyclic) bond motifs is 1. The van der Waals surface area contributed by atoms with Crippen LogP contribution in [-0.2, 0) is 9.59 Å². The van der Waals surface area contributed by atoms with E-state index >= 15 is 0 Å². The highest BCUT2D eigenvalue weighted by molar-refractivity contribution is 6.39. The van der Waals surface area contributed by atoms with Gasteiger partial charge in [-0.1, -0.05) is 48.3 Å². The van der Waals surface area contributed by atoms with Gasteiger partial charge in [0.1, 0.15) is 5.75 Å². The number of carbonyl (C=O) groups is 2. The Morgan fingerprint density at radius 1 is 1.14 bits per heavy atom. The Morgan fingerprint density at radius 2 is 1.86 bits per heavy atom. The van der Waals surface area contributed by atoms with Crippen molar-refractivity contribution in [3.8, 4) is 5.75 Å². The van der Waals surface area contributed by atoms with E-state index in [1.807, 2.05) is 30.0 Å². The molecule has 1 heterocycles. The minimum Gasteiger partial charge on any atom is -0.477 e. The zero-order chi connectivity index (χ0) is 20.1. The van der Waals surface area contributed by atoms with Crippen molar-refractivity contribution in [2.45, 2.75) is 19.4 Å². The molecule has 2 amide bonds. The van der Waals surface area contributed by atoms with Crippen molar-refractivity contribution in [2.24, 2.45) is 0 Å². The van der Waals surface area contributed by atoms with Gasteiger partial charge in [0.25, 0.3) is 5.91 Å². The lowest BCUT2D eigenvalue weighted by Gasteiger charge is -2.35. The van der Waals surface area contributed by atoms with Crippen LogP contribution in [0.1, 0.15) is 13.3 Å². The monoisotopic (exact) mass is 421 g/mol. The average molecular weight is 422 g/mol. The first kappa shape index (κ1) is 20.3. The largest absolute Gasteiger partial charge is 0.477 e. The first-order valence-corrected chi connectivity index (χ1v) is 9.77. The number of rotatable bonds is 6. The molecular formula is C20H21Cl2N3O3. The molecule has 0 fully saturated rings. The maximum atomic E-state index is 12.6. The van der Waals surface area contributed by atoms with Crippen LogP contribution in [0.2, 0.25) is 10.0 Å². The number of anilines is 2. The molecule has 148 valence electrons. The molecular weight excluding hydrogens is 401 g/mol. The SMILES string of the molecule is CCCNC(=O)[C@@H]1CN(CC(=O)Nc2c(Cl)cccc2Cl)c2ccccc2O1. The number of benzene rings is 2. The maximum absolute atomic E-state index is 12.6. The Balaban J connectivity index is 1.75. The molecule has 0 saturated heterocycles. The third kappa shape index (κ3) is 4.69. The van der Waals surface area contributed by atoms with Gasteiger partial charge in [-0.15, -0.1) is 0 Å². The molecule has 0 aliphatic carbocycles. The lowest BCUT2D eigenvalue weighted by atomic mass is 10.1. The van der Waals surface area contributed by atoms with E-state index in [1.165, 1.54) is 0 Å². The molecule has 8 heteroatoms. The number of hydrogen-bond acceptors (Lipinski definition) is 4. The van der Waals surface area contributed by atoms with Crippen LogP contribution in [0.4, 0.5) is 11.4 Å². The summed E-state index contributed by atoms with van der Waals surface area (Å²) in [6.45, 7) is 2.84. The van der Waals surface area contributed by atoms with E-state index in [-0.39, 0.29) is 24.9 Å². The van der Waals surface area contributed by atoms with Gasteiger partial charge in [-0.2, -0.15) is 0 Å². The van der Waals surface area contributed by atoms with Crippen LogP contribution in [0.15, 0.2) is 42.5 Å². The van der Waals surface area contributed by atoms with Gasteiger partial charge in [0, 0.05) is 6.54 Å². The summed E-state index contributed by atoms with van der Waals surface area (Å²) in [5, 5.41) is 6.31. The van der Waals surface area contributed by atoms with Gasteiger partial charge >= 0.3 is 0 Å². The Bertz CT molecular complexity index is 855. The highest BCUT2D eigenvalue weighted by atomic mass is 35.5. The van der Waals surface area contributed by atoms with E-state index in [4.69, 9.17) is 27.9 Å². The molecule has 0 bridgehead atoms. The van der Waals surface area contributed by atoms with E-state index < -0.39 is 6.10 Å². The van der Waals surface area contributed by atoms with Gasteiger partial charge in [-0.25, -0.2) is 0 Å². The predicted molar refractivity (Wildman–Crippen MR) is 111 cm³/mol. The lowest BCUT2D eigenvalue weighted by Crippen LogP contribution is -2.50. The molecule has 0 radical (unpaired) electrons. The van der Waals surface area contributed by atoms with Gasteiger partial charge in [0.15, 0.2) is 6.10 Å². The van der Waals surface area contributed by atoms with Gasteiger partial charge in [0.05, 0.1) is 34.5 Å². The van der Waals surface area contributed by atoms with Crippen LogP contribution in [0.3, 0.4) is 0 Å².